The van der Waals surface area contributed by atoms with Crippen molar-refractivity contribution in [2.24, 2.45) is 5.92 Å². The lowest BCUT2D eigenvalue weighted by Crippen LogP contribution is -2.48. The smallest absolute Gasteiger partial charge is 0.241 e. The second kappa shape index (κ2) is 5.33. The number of hydrogen-bond donors (Lipinski definition) is 1. The third-order valence-electron chi connectivity index (χ3n) is 5.36. The number of piperazine rings is 1. The molecule has 0 aromatic carbocycles. The number of amides is 1. The normalized spacial score (nSPS) is 28.6. The van der Waals surface area contributed by atoms with Crippen LogP contribution in [0.4, 0.5) is 11.6 Å². The zero-order valence-corrected chi connectivity index (χ0v) is 13.5. The number of likely N-dealkylation sites (N-methyl/N-ethyl adjacent to an activating group) is 1. The standard InChI is InChI=1S/C16H23N5O2/c1-19-6-7-20(9-15(19)22)13-8-14(18-11-17-13)21-5-4-16(23,10-21)12-2-3-12/h8,11-12,23H,2-7,9-10H2,1H3. The topological polar surface area (TPSA) is 72.8 Å². The Labute approximate surface area is 135 Å². The van der Waals surface area contributed by atoms with Gasteiger partial charge in [0.15, 0.2) is 0 Å². The summed E-state index contributed by atoms with van der Waals surface area (Å²) in [5.74, 6) is 2.21. The Morgan fingerprint density at radius 2 is 1.91 bits per heavy atom. The minimum atomic E-state index is -0.547. The van der Waals surface area contributed by atoms with Crippen LogP contribution in [0.1, 0.15) is 19.3 Å². The number of carbonyl (C=O) groups excluding carboxylic acids is 1. The van der Waals surface area contributed by atoms with Gasteiger partial charge in [-0.15, -0.1) is 0 Å². The van der Waals surface area contributed by atoms with Gasteiger partial charge >= 0.3 is 0 Å². The number of carbonyl (C=O) groups is 1. The molecule has 2 saturated heterocycles. The molecule has 4 rings (SSSR count). The molecule has 3 heterocycles. The summed E-state index contributed by atoms with van der Waals surface area (Å²) < 4.78 is 0. The number of anilines is 2. The molecule has 7 nitrogen and oxygen atoms in total. The Kier molecular flexibility index (Phi) is 3.41. The summed E-state index contributed by atoms with van der Waals surface area (Å²) in [4.78, 5) is 26.5. The fraction of sp³-hybridized carbons (Fsp3) is 0.688. The van der Waals surface area contributed by atoms with Gasteiger partial charge in [0, 0.05) is 39.3 Å². The maximum atomic E-state index is 11.9. The van der Waals surface area contributed by atoms with Crippen molar-refractivity contribution < 1.29 is 9.90 Å². The Balaban J connectivity index is 1.49. The van der Waals surface area contributed by atoms with E-state index in [9.17, 15) is 9.90 Å². The molecule has 1 unspecified atom stereocenters. The largest absolute Gasteiger partial charge is 0.388 e. The Hall–Kier alpha value is -1.89. The first kappa shape index (κ1) is 14.7. The van der Waals surface area contributed by atoms with Gasteiger partial charge in [-0.3, -0.25) is 4.79 Å². The Morgan fingerprint density at radius 3 is 2.61 bits per heavy atom. The first-order chi connectivity index (χ1) is 11.0. The van der Waals surface area contributed by atoms with Gasteiger partial charge in [-0.2, -0.15) is 0 Å². The van der Waals surface area contributed by atoms with Crippen molar-refractivity contribution in [3.8, 4) is 0 Å². The molecule has 1 amide bonds. The van der Waals surface area contributed by atoms with Crippen LogP contribution < -0.4 is 9.80 Å². The molecule has 1 aromatic heterocycles. The SMILES string of the molecule is CN1CCN(c2cc(N3CCC(O)(C4CC4)C3)ncn2)CC1=O. The van der Waals surface area contributed by atoms with Crippen molar-refractivity contribution in [1.29, 1.82) is 0 Å². The summed E-state index contributed by atoms with van der Waals surface area (Å²) in [7, 11) is 1.83. The molecule has 1 N–H and O–H groups in total. The molecule has 1 saturated carbocycles. The van der Waals surface area contributed by atoms with Crippen molar-refractivity contribution >= 4 is 17.5 Å². The summed E-state index contributed by atoms with van der Waals surface area (Å²) in [5.41, 5.74) is -0.547. The highest BCUT2D eigenvalue weighted by molar-refractivity contribution is 5.82. The van der Waals surface area contributed by atoms with E-state index in [-0.39, 0.29) is 5.91 Å². The second-order valence-corrected chi connectivity index (χ2v) is 7.02. The number of hydrogen-bond acceptors (Lipinski definition) is 6. The summed E-state index contributed by atoms with van der Waals surface area (Å²) in [5, 5.41) is 10.7. The van der Waals surface area contributed by atoms with Crippen LogP contribution in [0.2, 0.25) is 0 Å². The molecule has 0 spiro atoms. The molecule has 1 aromatic rings. The van der Waals surface area contributed by atoms with E-state index in [1.807, 2.05) is 18.0 Å². The average Bonchev–Trinajstić information content (AvgIpc) is 3.34. The van der Waals surface area contributed by atoms with Gasteiger partial charge in [0.25, 0.3) is 0 Å². The maximum absolute atomic E-state index is 11.9. The zero-order valence-electron chi connectivity index (χ0n) is 13.5. The van der Waals surface area contributed by atoms with Crippen molar-refractivity contribution in [2.75, 3.05) is 49.6 Å². The highest BCUT2D eigenvalue weighted by atomic mass is 16.3. The highest BCUT2D eigenvalue weighted by Gasteiger charge is 2.48. The molecule has 0 radical (unpaired) electrons. The molecular formula is C16H23N5O2. The third-order valence-corrected chi connectivity index (χ3v) is 5.36. The van der Waals surface area contributed by atoms with Crippen molar-refractivity contribution in [1.82, 2.24) is 14.9 Å². The maximum Gasteiger partial charge on any atom is 0.241 e. The number of aromatic nitrogens is 2. The van der Waals surface area contributed by atoms with Crippen molar-refractivity contribution in [2.45, 2.75) is 24.9 Å². The van der Waals surface area contributed by atoms with Crippen LogP contribution in [-0.2, 0) is 4.79 Å². The van der Waals surface area contributed by atoms with Gasteiger partial charge in [0.05, 0.1) is 12.1 Å². The molecule has 0 bridgehead atoms. The second-order valence-electron chi connectivity index (χ2n) is 7.02. The molecule has 1 aliphatic carbocycles. The predicted molar refractivity (Wildman–Crippen MR) is 86.4 cm³/mol. The zero-order chi connectivity index (χ0) is 16.0. The number of rotatable bonds is 3. The molecule has 2 aliphatic heterocycles. The number of nitrogens with zero attached hydrogens (tertiary/aromatic N) is 5. The average molecular weight is 317 g/mol. The number of β-amino-alcohol motifs (C(OH)–C–C–N with tert-alkyl or cyclic N) is 1. The van der Waals surface area contributed by atoms with Crippen molar-refractivity contribution in [3.05, 3.63) is 12.4 Å². The quantitative estimate of drug-likeness (QED) is 0.853. The lowest BCUT2D eigenvalue weighted by Gasteiger charge is -2.33. The van der Waals surface area contributed by atoms with Gasteiger partial charge in [-0.05, 0) is 25.2 Å². The number of aliphatic hydroxyl groups is 1. The third kappa shape index (κ3) is 2.73. The van der Waals surface area contributed by atoms with Gasteiger partial charge in [-0.1, -0.05) is 0 Å². The van der Waals surface area contributed by atoms with E-state index >= 15 is 0 Å². The molecule has 1 atom stereocenters. The fourth-order valence-corrected chi connectivity index (χ4v) is 3.60. The highest BCUT2D eigenvalue weighted by Crippen LogP contribution is 2.45. The van der Waals surface area contributed by atoms with E-state index < -0.39 is 5.60 Å². The van der Waals surface area contributed by atoms with Crippen LogP contribution in [0.3, 0.4) is 0 Å². The predicted octanol–water partition coefficient (Wildman–Crippen LogP) is 0.106. The summed E-state index contributed by atoms with van der Waals surface area (Å²) in [6, 6.07) is 1.94. The molecule has 23 heavy (non-hydrogen) atoms. The molecular weight excluding hydrogens is 294 g/mol. The van der Waals surface area contributed by atoms with E-state index in [2.05, 4.69) is 14.9 Å². The first-order valence-electron chi connectivity index (χ1n) is 8.33. The van der Waals surface area contributed by atoms with E-state index in [1.54, 1.807) is 11.2 Å². The van der Waals surface area contributed by atoms with Gasteiger partial charge in [0.1, 0.15) is 18.0 Å². The Morgan fingerprint density at radius 1 is 1.17 bits per heavy atom. The lowest BCUT2D eigenvalue weighted by atomic mass is 9.97. The van der Waals surface area contributed by atoms with Gasteiger partial charge in [-0.25, -0.2) is 9.97 Å². The lowest BCUT2D eigenvalue weighted by molar-refractivity contribution is -0.129. The van der Waals surface area contributed by atoms with Crippen LogP contribution in [0.25, 0.3) is 0 Å². The van der Waals surface area contributed by atoms with E-state index in [1.165, 1.54) is 0 Å². The van der Waals surface area contributed by atoms with Gasteiger partial charge < -0.3 is 19.8 Å². The van der Waals surface area contributed by atoms with E-state index in [0.29, 0.717) is 25.6 Å². The first-order valence-corrected chi connectivity index (χ1v) is 8.33. The Bertz CT molecular complexity index is 620. The van der Waals surface area contributed by atoms with Crippen LogP contribution in [0.15, 0.2) is 12.4 Å². The van der Waals surface area contributed by atoms with E-state index in [0.717, 1.165) is 44.0 Å². The fourth-order valence-electron chi connectivity index (χ4n) is 3.60. The van der Waals surface area contributed by atoms with Crippen molar-refractivity contribution in [3.63, 3.8) is 0 Å². The summed E-state index contributed by atoms with van der Waals surface area (Å²) in [6.07, 6.45) is 4.65. The summed E-state index contributed by atoms with van der Waals surface area (Å²) in [6.45, 7) is 3.33. The minimum Gasteiger partial charge on any atom is -0.388 e. The minimum absolute atomic E-state index is 0.112. The monoisotopic (exact) mass is 317 g/mol. The van der Waals surface area contributed by atoms with Crippen LogP contribution in [0.5, 0.6) is 0 Å². The molecule has 7 heteroatoms. The molecule has 124 valence electrons. The molecule has 3 fully saturated rings. The summed E-state index contributed by atoms with van der Waals surface area (Å²) >= 11 is 0. The van der Waals surface area contributed by atoms with Crippen LogP contribution in [0, 0.1) is 5.92 Å². The van der Waals surface area contributed by atoms with Gasteiger partial charge in [0.2, 0.25) is 5.91 Å². The van der Waals surface area contributed by atoms with E-state index in [4.69, 9.17) is 0 Å². The van der Waals surface area contributed by atoms with Crippen LogP contribution in [-0.4, -0.2) is 71.3 Å². The molecule has 3 aliphatic rings. The van der Waals surface area contributed by atoms with Crippen LogP contribution >= 0.6 is 0 Å².